The summed E-state index contributed by atoms with van der Waals surface area (Å²) >= 11 is 7.71. The van der Waals surface area contributed by atoms with Crippen LogP contribution in [0, 0.1) is 6.92 Å². The molecule has 0 saturated carbocycles. The van der Waals surface area contributed by atoms with Crippen LogP contribution in [0.15, 0.2) is 66.2 Å². The van der Waals surface area contributed by atoms with Gasteiger partial charge < -0.3 is 5.32 Å². The second-order valence-corrected chi connectivity index (χ2v) is 7.55. The van der Waals surface area contributed by atoms with Crippen molar-refractivity contribution in [1.82, 2.24) is 14.8 Å². The standard InChI is InChI=1S/C21H17ClN4OS/c1-14-9-10-23-26(14)17-6-4-5-15(11-17)24-20(27)12-16-13-28-21(25-16)18-7-2-3-8-19(18)22/h2-11,13H,12H2,1H3,(H,24,27). The third kappa shape index (κ3) is 3.98. The van der Waals surface area contributed by atoms with Crippen LogP contribution in [-0.2, 0) is 11.2 Å². The largest absolute Gasteiger partial charge is 0.326 e. The first-order valence-electron chi connectivity index (χ1n) is 8.70. The zero-order valence-corrected chi connectivity index (χ0v) is 16.7. The minimum atomic E-state index is -0.120. The molecule has 1 N–H and O–H groups in total. The zero-order chi connectivity index (χ0) is 19.5. The fourth-order valence-corrected chi connectivity index (χ4v) is 4.01. The second-order valence-electron chi connectivity index (χ2n) is 6.28. The van der Waals surface area contributed by atoms with Gasteiger partial charge in [0.05, 0.1) is 22.8 Å². The van der Waals surface area contributed by atoms with Crippen molar-refractivity contribution in [3.63, 3.8) is 0 Å². The molecule has 0 radical (unpaired) electrons. The Labute approximate surface area is 171 Å². The topological polar surface area (TPSA) is 59.8 Å². The van der Waals surface area contributed by atoms with Crippen molar-refractivity contribution in [2.24, 2.45) is 0 Å². The zero-order valence-electron chi connectivity index (χ0n) is 15.1. The van der Waals surface area contributed by atoms with Crippen molar-refractivity contribution in [2.45, 2.75) is 13.3 Å². The molecule has 28 heavy (non-hydrogen) atoms. The number of anilines is 1. The summed E-state index contributed by atoms with van der Waals surface area (Å²) in [5.41, 5.74) is 4.24. The number of thiazole rings is 1. The molecule has 2 aromatic heterocycles. The molecule has 1 amide bonds. The van der Waals surface area contributed by atoms with Crippen molar-refractivity contribution in [3.05, 3.63) is 82.6 Å². The SMILES string of the molecule is Cc1ccnn1-c1cccc(NC(=O)Cc2csc(-c3ccccc3Cl)n2)c1. The van der Waals surface area contributed by atoms with Crippen LogP contribution >= 0.6 is 22.9 Å². The Kier molecular flexibility index (Phi) is 5.23. The first kappa shape index (κ1) is 18.4. The molecule has 0 spiro atoms. The number of amides is 1. The molecule has 0 aliphatic rings. The minimum absolute atomic E-state index is 0.120. The third-order valence-electron chi connectivity index (χ3n) is 4.20. The average molecular weight is 409 g/mol. The van der Waals surface area contributed by atoms with Gasteiger partial charge in [-0.1, -0.05) is 35.9 Å². The fraction of sp³-hybridized carbons (Fsp3) is 0.0952. The van der Waals surface area contributed by atoms with Crippen LogP contribution in [-0.4, -0.2) is 20.7 Å². The van der Waals surface area contributed by atoms with Crippen LogP contribution in [0.1, 0.15) is 11.4 Å². The molecule has 4 rings (SSSR count). The lowest BCUT2D eigenvalue weighted by Crippen LogP contribution is -2.15. The van der Waals surface area contributed by atoms with Crippen LogP contribution < -0.4 is 5.32 Å². The van der Waals surface area contributed by atoms with E-state index >= 15 is 0 Å². The van der Waals surface area contributed by atoms with E-state index < -0.39 is 0 Å². The van der Waals surface area contributed by atoms with Crippen molar-refractivity contribution in [2.75, 3.05) is 5.32 Å². The molecule has 0 atom stereocenters. The Morgan fingerprint density at radius 3 is 2.82 bits per heavy atom. The van der Waals surface area contributed by atoms with Gasteiger partial charge in [0, 0.05) is 28.5 Å². The molecular weight excluding hydrogens is 392 g/mol. The fourth-order valence-electron chi connectivity index (χ4n) is 2.87. The van der Waals surface area contributed by atoms with Crippen LogP contribution in [0.2, 0.25) is 5.02 Å². The summed E-state index contributed by atoms with van der Waals surface area (Å²) in [5.74, 6) is -0.120. The molecule has 0 aliphatic heterocycles. The van der Waals surface area contributed by atoms with Gasteiger partial charge in [-0.3, -0.25) is 4.79 Å². The highest BCUT2D eigenvalue weighted by Crippen LogP contribution is 2.30. The van der Waals surface area contributed by atoms with Gasteiger partial charge >= 0.3 is 0 Å². The van der Waals surface area contributed by atoms with E-state index in [1.54, 1.807) is 6.20 Å². The average Bonchev–Trinajstić information content (AvgIpc) is 3.31. The van der Waals surface area contributed by atoms with Crippen molar-refractivity contribution in [1.29, 1.82) is 0 Å². The van der Waals surface area contributed by atoms with Gasteiger partial charge in [0.2, 0.25) is 5.91 Å². The molecule has 2 heterocycles. The minimum Gasteiger partial charge on any atom is -0.326 e. The maximum atomic E-state index is 12.5. The summed E-state index contributed by atoms with van der Waals surface area (Å²) in [6, 6.07) is 17.1. The van der Waals surface area contributed by atoms with Gasteiger partial charge in [-0.05, 0) is 37.3 Å². The Hall–Kier alpha value is -2.96. The third-order valence-corrected chi connectivity index (χ3v) is 5.46. The molecule has 4 aromatic rings. The van der Waals surface area contributed by atoms with Crippen LogP contribution in [0.25, 0.3) is 16.3 Å². The van der Waals surface area contributed by atoms with E-state index in [0.717, 1.165) is 33.3 Å². The summed E-state index contributed by atoms with van der Waals surface area (Å²) in [5, 5.41) is 10.6. The summed E-state index contributed by atoms with van der Waals surface area (Å²) < 4.78 is 1.83. The van der Waals surface area contributed by atoms with E-state index in [0.29, 0.717) is 5.02 Å². The first-order chi connectivity index (χ1) is 13.6. The van der Waals surface area contributed by atoms with E-state index in [-0.39, 0.29) is 12.3 Å². The maximum Gasteiger partial charge on any atom is 0.230 e. The van der Waals surface area contributed by atoms with Crippen LogP contribution in [0.3, 0.4) is 0 Å². The highest BCUT2D eigenvalue weighted by Gasteiger charge is 2.12. The van der Waals surface area contributed by atoms with Gasteiger partial charge in [0.1, 0.15) is 5.01 Å². The van der Waals surface area contributed by atoms with E-state index in [2.05, 4.69) is 15.4 Å². The Morgan fingerprint density at radius 2 is 2.04 bits per heavy atom. The van der Waals surface area contributed by atoms with Crippen molar-refractivity contribution >= 4 is 34.5 Å². The second kappa shape index (κ2) is 7.96. The predicted octanol–water partition coefficient (Wildman–Crippen LogP) is 5.14. The summed E-state index contributed by atoms with van der Waals surface area (Å²) in [4.78, 5) is 17.0. The lowest BCUT2D eigenvalue weighted by molar-refractivity contribution is -0.115. The highest BCUT2D eigenvalue weighted by molar-refractivity contribution is 7.13. The Balaban J connectivity index is 1.46. The molecule has 0 bridgehead atoms. The number of rotatable bonds is 5. The summed E-state index contributed by atoms with van der Waals surface area (Å²) in [7, 11) is 0. The summed E-state index contributed by atoms with van der Waals surface area (Å²) in [6.45, 7) is 1.98. The van der Waals surface area contributed by atoms with Gasteiger partial charge in [-0.2, -0.15) is 5.10 Å². The van der Waals surface area contributed by atoms with Crippen LogP contribution in [0.4, 0.5) is 5.69 Å². The maximum absolute atomic E-state index is 12.5. The first-order valence-corrected chi connectivity index (χ1v) is 9.96. The molecule has 5 nitrogen and oxygen atoms in total. The Bertz CT molecular complexity index is 1130. The van der Waals surface area contributed by atoms with E-state index in [1.165, 1.54) is 11.3 Å². The number of halogens is 1. The number of hydrogen-bond acceptors (Lipinski definition) is 4. The predicted molar refractivity (Wildman–Crippen MR) is 113 cm³/mol. The monoisotopic (exact) mass is 408 g/mol. The lowest BCUT2D eigenvalue weighted by Gasteiger charge is -2.08. The molecule has 0 saturated heterocycles. The van der Waals surface area contributed by atoms with Crippen molar-refractivity contribution < 1.29 is 4.79 Å². The highest BCUT2D eigenvalue weighted by atomic mass is 35.5. The van der Waals surface area contributed by atoms with Gasteiger partial charge in [-0.25, -0.2) is 9.67 Å². The molecular formula is C21H17ClN4OS. The molecule has 0 aliphatic carbocycles. The van der Waals surface area contributed by atoms with Crippen LogP contribution in [0.5, 0.6) is 0 Å². The van der Waals surface area contributed by atoms with Gasteiger partial charge in [0.15, 0.2) is 0 Å². The van der Waals surface area contributed by atoms with E-state index in [9.17, 15) is 4.79 Å². The molecule has 7 heteroatoms. The molecule has 0 fully saturated rings. The number of carbonyl (C=O) groups excluding carboxylic acids is 1. The van der Waals surface area contributed by atoms with E-state index in [4.69, 9.17) is 11.6 Å². The lowest BCUT2D eigenvalue weighted by atomic mass is 10.2. The number of benzene rings is 2. The summed E-state index contributed by atoms with van der Waals surface area (Å²) in [6.07, 6.45) is 1.95. The Morgan fingerprint density at radius 1 is 1.18 bits per heavy atom. The number of carbonyl (C=O) groups is 1. The number of aryl methyl sites for hydroxylation is 1. The number of hydrogen-bond donors (Lipinski definition) is 1. The van der Waals surface area contributed by atoms with Gasteiger partial charge in [0.25, 0.3) is 0 Å². The number of nitrogens with one attached hydrogen (secondary N) is 1. The number of nitrogens with zero attached hydrogens (tertiary/aromatic N) is 3. The quantitative estimate of drug-likeness (QED) is 0.497. The smallest absolute Gasteiger partial charge is 0.230 e. The molecule has 0 unspecified atom stereocenters. The van der Waals surface area contributed by atoms with E-state index in [1.807, 2.05) is 71.6 Å². The molecule has 2 aromatic carbocycles. The number of aromatic nitrogens is 3. The molecule has 140 valence electrons. The van der Waals surface area contributed by atoms with Gasteiger partial charge in [-0.15, -0.1) is 11.3 Å². The van der Waals surface area contributed by atoms with Crippen molar-refractivity contribution in [3.8, 4) is 16.3 Å². The normalized spacial score (nSPS) is 10.8.